The maximum absolute atomic E-state index is 11.9. The number of benzene rings is 1. The maximum Gasteiger partial charge on any atom is 0.319 e. The number of aryl methyl sites for hydroxylation is 4. The highest BCUT2D eigenvalue weighted by Crippen LogP contribution is 2.27. The number of para-hydroxylation sites is 1. The van der Waals surface area contributed by atoms with Gasteiger partial charge in [0.15, 0.2) is 5.82 Å². The molecule has 4 N–H and O–H groups in total. The summed E-state index contributed by atoms with van der Waals surface area (Å²) >= 11 is 0. The molecule has 2 amide bonds. The number of hydrogen-bond donors (Lipinski definition) is 2. The van der Waals surface area contributed by atoms with Crippen LogP contribution in [0.2, 0.25) is 0 Å². The van der Waals surface area contributed by atoms with E-state index in [0.717, 1.165) is 72.5 Å². The summed E-state index contributed by atoms with van der Waals surface area (Å²) in [5.41, 5.74) is 16.6. The molecule has 0 aliphatic carbocycles. The predicted molar refractivity (Wildman–Crippen MR) is 123 cm³/mol. The molecule has 0 unspecified atom stereocenters. The number of nitrogen functional groups attached to an aromatic ring is 1. The predicted octanol–water partition coefficient (Wildman–Crippen LogP) is 4.34. The summed E-state index contributed by atoms with van der Waals surface area (Å²) in [7, 11) is 0. The summed E-state index contributed by atoms with van der Waals surface area (Å²) in [6, 6.07) is 9.12. The summed E-state index contributed by atoms with van der Waals surface area (Å²) in [5.74, 6) is 1.55. The first kappa shape index (κ1) is 21.6. The zero-order chi connectivity index (χ0) is 21.7. The molecule has 0 saturated carbocycles. The quantitative estimate of drug-likeness (QED) is 0.514. The number of nitrogens with two attached hydrogens (primary N) is 2. The molecule has 1 aromatic carbocycles. The van der Waals surface area contributed by atoms with Crippen LogP contribution in [0.15, 0.2) is 30.3 Å². The number of fused-ring (bicyclic) bond motifs is 1. The Balaban J connectivity index is 1.78. The number of carbonyl (C=O) groups excluding carboxylic acids is 1. The highest BCUT2D eigenvalue weighted by Gasteiger charge is 2.18. The molecule has 160 valence electrons. The number of anilines is 2. The van der Waals surface area contributed by atoms with Gasteiger partial charge in [0.1, 0.15) is 11.3 Å². The van der Waals surface area contributed by atoms with Gasteiger partial charge in [-0.3, -0.25) is 4.90 Å². The van der Waals surface area contributed by atoms with Crippen LogP contribution in [0.5, 0.6) is 0 Å². The number of primary amides is 1. The SMILES string of the molecule is CCCCc1nc2c(N)nc(C)c(C)c2n1CCCCN(C(N)=O)c1ccccc1. The van der Waals surface area contributed by atoms with Crippen molar-refractivity contribution in [2.75, 3.05) is 17.2 Å². The van der Waals surface area contributed by atoms with Crippen LogP contribution >= 0.6 is 0 Å². The minimum absolute atomic E-state index is 0.428. The fraction of sp³-hybridized carbons (Fsp3) is 0.435. The Morgan fingerprint density at radius 1 is 1.10 bits per heavy atom. The van der Waals surface area contributed by atoms with Gasteiger partial charge in [-0.15, -0.1) is 0 Å². The highest BCUT2D eigenvalue weighted by molar-refractivity contribution is 5.90. The Labute approximate surface area is 178 Å². The Morgan fingerprint density at radius 3 is 2.50 bits per heavy atom. The van der Waals surface area contributed by atoms with Crippen LogP contribution in [0.25, 0.3) is 11.0 Å². The Morgan fingerprint density at radius 2 is 1.83 bits per heavy atom. The molecule has 30 heavy (non-hydrogen) atoms. The van der Waals surface area contributed by atoms with E-state index in [-0.39, 0.29) is 0 Å². The maximum atomic E-state index is 11.9. The van der Waals surface area contributed by atoms with E-state index in [1.54, 1.807) is 4.90 Å². The fourth-order valence-electron chi connectivity index (χ4n) is 3.83. The van der Waals surface area contributed by atoms with Crippen LogP contribution in [-0.2, 0) is 13.0 Å². The van der Waals surface area contributed by atoms with Gasteiger partial charge in [-0.25, -0.2) is 14.8 Å². The van der Waals surface area contributed by atoms with Crippen molar-refractivity contribution in [1.82, 2.24) is 14.5 Å². The number of urea groups is 1. The van der Waals surface area contributed by atoms with Gasteiger partial charge in [-0.05, 0) is 50.8 Å². The van der Waals surface area contributed by atoms with Crippen LogP contribution in [0, 0.1) is 13.8 Å². The van der Waals surface area contributed by atoms with Crippen LogP contribution in [0.1, 0.15) is 49.7 Å². The number of nitrogens with zero attached hydrogens (tertiary/aromatic N) is 4. The third kappa shape index (κ3) is 4.56. The number of amides is 2. The second-order valence-corrected chi connectivity index (χ2v) is 7.72. The molecule has 0 radical (unpaired) electrons. The molecular weight excluding hydrogens is 376 g/mol. The Kier molecular flexibility index (Phi) is 6.92. The lowest BCUT2D eigenvalue weighted by atomic mass is 10.2. The van der Waals surface area contributed by atoms with Gasteiger partial charge in [-0.1, -0.05) is 31.5 Å². The summed E-state index contributed by atoms with van der Waals surface area (Å²) < 4.78 is 2.29. The zero-order valence-corrected chi connectivity index (χ0v) is 18.2. The Bertz CT molecular complexity index is 1010. The van der Waals surface area contributed by atoms with Gasteiger partial charge in [0, 0.05) is 30.9 Å². The van der Waals surface area contributed by atoms with Crippen molar-refractivity contribution in [3.63, 3.8) is 0 Å². The van der Waals surface area contributed by atoms with Crippen molar-refractivity contribution in [1.29, 1.82) is 0 Å². The molecule has 0 fully saturated rings. The van der Waals surface area contributed by atoms with Crippen molar-refractivity contribution >= 4 is 28.6 Å². The smallest absolute Gasteiger partial charge is 0.319 e. The van der Waals surface area contributed by atoms with Gasteiger partial charge in [0.05, 0.1) is 5.52 Å². The minimum atomic E-state index is -0.428. The first-order valence-corrected chi connectivity index (χ1v) is 10.7. The van der Waals surface area contributed by atoms with E-state index in [2.05, 4.69) is 23.4 Å². The molecule has 0 aliphatic rings. The van der Waals surface area contributed by atoms with Crippen LogP contribution in [0.4, 0.5) is 16.3 Å². The molecule has 7 nitrogen and oxygen atoms in total. The first-order chi connectivity index (χ1) is 14.4. The van der Waals surface area contributed by atoms with Gasteiger partial charge >= 0.3 is 6.03 Å². The van der Waals surface area contributed by atoms with E-state index in [1.165, 1.54) is 0 Å². The van der Waals surface area contributed by atoms with Crippen molar-refractivity contribution in [2.24, 2.45) is 5.73 Å². The molecule has 3 rings (SSSR count). The lowest BCUT2D eigenvalue weighted by molar-refractivity contribution is 0.253. The fourth-order valence-corrected chi connectivity index (χ4v) is 3.83. The zero-order valence-electron chi connectivity index (χ0n) is 18.2. The normalized spacial score (nSPS) is 11.2. The van der Waals surface area contributed by atoms with E-state index in [0.29, 0.717) is 12.4 Å². The number of unbranched alkanes of at least 4 members (excludes halogenated alkanes) is 2. The summed E-state index contributed by atoms with van der Waals surface area (Å²) in [5, 5.41) is 0. The van der Waals surface area contributed by atoms with E-state index in [4.69, 9.17) is 16.5 Å². The van der Waals surface area contributed by atoms with Gasteiger partial charge in [-0.2, -0.15) is 0 Å². The van der Waals surface area contributed by atoms with Crippen molar-refractivity contribution in [2.45, 2.75) is 59.4 Å². The molecule has 7 heteroatoms. The molecular formula is C23H32N6O. The second kappa shape index (κ2) is 9.61. The van der Waals surface area contributed by atoms with Crippen molar-refractivity contribution < 1.29 is 4.79 Å². The minimum Gasteiger partial charge on any atom is -0.382 e. The average molecular weight is 409 g/mol. The molecule has 0 spiro atoms. The molecule has 0 saturated heterocycles. The van der Waals surface area contributed by atoms with Crippen LogP contribution < -0.4 is 16.4 Å². The van der Waals surface area contributed by atoms with Crippen molar-refractivity contribution in [3.05, 3.63) is 47.4 Å². The van der Waals surface area contributed by atoms with Crippen LogP contribution in [-0.4, -0.2) is 27.1 Å². The van der Waals surface area contributed by atoms with E-state index >= 15 is 0 Å². The molecule has 0 aliphatic heterocycles. The molecule has 3 aromatic rings. The number of aromatic nitrogens is 3. The molecule has 0 bridgehead atoms. The largest absolute Gasteiger partial charge is 0.382 e. The summed E-state index contributed by atoms with van der Waals surface area (Å²) in [6.45, 7) is 7.65. The van der Waals surface area contributed by atoms with E-state index < -0.39 is 6.03 Å². The third-order valence-corrected chi connectivity index (χ3v) is 5.58. The number of pyridine rings is 1. The molecule has 2 aromatic heterocycles. The van der Waals surface area contributed by atoms with E-state index in [1.807, 2.05) is 37.3 Å². The summed E-state index contributed by atoms with van der Waals surface area (Å²) in [6.07, 6.45) is 4.85. The standard InChI is InChI=1S/C23H32N6O/c1-4-5-13-19-27-20-21(16(2)17(3)26-22(20)24)29(19)15-10-9-14-28(23(25)30)18-11-7-6-8-12-18/h6-8,11-12H,4-5,9-10,13-15H2,1-3H3,(H2,24,26)(H2,25,30). The lowest BCUT2D eigenvalue weighted by Gasteiger charge is -2.20. The monoisotopic (exact) mass is 408 g/mol. The molecule has 0 atom stereocenters. The number of carbonyl (C=O) groups is 1. The second-order valence-electron chi connectivity index (χ2n) is 7.72. The highest BCUT2D eigenvalue weighted by atomic mass is 16.2. The number of hydrogen-bond acceptors (Lipinski definition) is 4. The summed E-state index contributed by atoms with van der Waals surface area (Å²) in [4.78, 5) is 22.8. The number of rotatable bonds is 9. The number of imidazole rings is 1. The Hall–Kier alpha value is -3.09. The van der Waals surface area contributed by atoms with Gasteiger partial charge in [0.2, 0.25) is 0 Å². The van der Waals surface area contributed by atoms with Crippen molar-refractivity contribution in [3.8, 4) is 0 Å². The van der Waals surface area contributed by atoms with Gasteiger partial charge in [0.25, 0.3) is 0 Å². The van der Waals surface area contributed by atoms with E-state index in [9.17, 15) is 4.79 Å². The average Bonchev–Trinajstić information content (AvgIpc) is 3.10. The van der Waals surface area contributed by atoms with Crippen LogP contribution in [0.3, 0.4) is 0 Å². The van der Waals surface area contributed by atoms with Gasteiger partial charge < -0.3 is 16.0 Å². The lowest BCUT2D eigenvalue weighted by Crippen LogP contribution is -2.36. The molecule has 2 heterocycles. The topological polar surface area (TPSA) is 103 Å². The third-order valence-electron chi connectivity index (χ3n) is 5.58. The first-order valence-electron chi connectivity index (χ1n) is 10.7.